The van der Waals surface area contributed by atoms with Crippen molar-refractivity contribution in [2.45, 2.75) is 63.0 Å². The summed E-state index contributed by atoms with van der Waals surface area (Å²) < 4.78 is 0. The summed E-state index contributed by atoms with van der Waals surface area (Å²) in [5.41, 5.74) is -0.478. The fourth-order valence-corrected chi connectivity index (χ4v) is 5.43. The molecule has 2 aliphatic heterocycles. The minimum atomic E-state index is -0.478. The molecule has 0 bridgehead atoms. The maximum Gasteiger partial charge on any atom is 0.240 e. The SMILES string of the molecule is O=C(C1NCC2CCCC21)N1CCC2(O)CCCCC2C1. The fraction of sp³-hybridized carbons (Fsp3) is 0.941. The topological polar surface area (TPSA) is 52.6 Å². The summed E-state index contributed by atoms with van der Waals surface area (Å²) in [5.74, 6) is 1.93. The number of piperidine rings is 1. The number of carbonyl (C=O) groups is 1. The molecule has 0 spiro atoms. The van der Waals surface area contributed by atoms with Gasteiger partial charge in [-0.2, -0.15) is 0 Å². The Labute approximate surface area is 127 Å². The van der Waals surface area contributed by atoms with Crippen LogP contribution in [-0.2, 0) is 4.79 Å². The first-order chi connectivity index (χ1) is 10.2. The van der Waals surface area contributed by atoms with Crippen molar-refractivity contribution in [3.63, 3.8) is 0 Å². The van der Waals surface area contributed by atoms with E-state index in [9.17, 15) is 9.90 Å². The number of hydrogen-bond donors (Lipinski definition) is 2. The van der Waals surface area contributed by atoms with E-state index < -0.39 is 5.60 Å². The van der Waals surface area contributed by atoms with Gasteiger partial charge in [-0.25, -0.2) is 0 Å². The minimum Gasteiger partial charge on any atom is -0.389 e. The van der Waals surface area contributed by atoms with Crippen molar-refractivity contribution in [1.29, 1.82) is 0 Å². The molecule has 5 atom stereocenters. The molecule has 5 unspecified atom stereocenters. The fourth-order valence-electron chi connectivity index (χ4n) is 5.43. The third kappa shape index (κ3) is 2.31. The number of hydrogen-bond acceptors (Lipinski definition) is 3. The minimum absolute atomic E-state index is 0.0623. The number of carbonyl (C=O) groups excluding carboxylic acids is 1. The maximum atomic E-state index is 12.9. The van der Waals surface area contributed by atoms with Crippen LogP contribution in [0.25, 0.3) is 0 Å². The van der Waals surface area contributed by atoms with Gasteiger partial charge in [0.05, 0.1) is 11.6 Å². The summed E-state index contributed by atoms with van der Waals surface area (Å²) in [6.07, 6.45) is 8.97. The zero-order valence-electron chi connectivity index (χ0n) is 12.9. The van der Waals surface area contributed by atoms with E-state index in [1.54, 1.807) is 0 Å². The first kappa shape index (κ1) is 14.0. The van der Waals surface area contributed by atoms with Crippen molar-refractivity contribution in [2.24, 2.45) is 17.8 Å². The summed E-state index contributed by atoms with van der Waals surface area (Å²) >= 11 is 0. The van der Waals surface area contributed by atoms with Crippen LogP contribution >= 0.6 is 0 Å². The molecule has 0 aromatic carbocycles. The van der Waals surface area contributed by atoms with Gasteiger partial charge in [0.1, 0.15) is 0 Å². The largest absolute Gasteiger partial charge is 0.389 e. The van der Waals surface area contributed by atoms with E-state index >= 15 is 0 Å². The van der Waals surface area contributed by atoms with E-state index in [1.165, 1.54) is 25.7 Å². The molecule has 0 aromatic heterocycles. The molecule has 2 saturated carbocycles. The Morgan fingerprint density at radius 1 is 1.14 bits per heavy atom. The number of likely N-dealkylation sites (tertiary alicyclic amines) is 1. The van der Waals surface area contributed by atoms with Crippen LogP contribution in [-0.4, -0.2) is 47.2 Å². The lowest BCUT2D eigenvalue weighted by Gasteiger charge is -2.48. The van der Waals surface area contributed by atoms with Gasteiger partial charge in [-0.15, -0.1) is 0 Å². The predicted octanol–water partition coefficient (Wildman–Crippen LogP) is 1.53. The number of nitrogens with one attached hydrogen (secondary N) is 1. The number of rotatable bonds is 1. The van der Waals surface area contributed by atoms with Crippen LogP contribution in [0.3, 0.4) is 0 Å². The summed E-state index contributed by atoms with van der Waals surface area (Å²) in [6.45, 7) is 2.56. The molecule has 2 saturated heterocycles. The van der Waals surface area contributed by atoms with E-state index in [0.717, 1.165) is 51.2 Å². The third-order valence-corrected chi connectivity index (χ3v) is 6.75. The van der Waals surface area contributed by atoms with Crippen molar-refractivity contribution in [2.75, 3.05) is 19.6 Å². The molecule has 0 radical (unpaired) electrons. The van der Waals surface area contributed by atoms with Crippen LogP contribution in [0, 0.1) is 17.8 Å². The standard InChI is InChI=1S/C17H28N2O2/c20-16(15-14-6-3-4-12(14)10-18-15)19-9-8-17(21)7-2-1-5-13(17)11-19/h12-15,18,21H,1-11H2. The first-order valence-corrected chi connectivity index (χ1v) is 8.92. The summed E-state index contributed by atoms with van der Waals surface area (Å²) in [7, 11) is 0. The summed E-state index contributed by atoms with van der Waals surface area (Å²) in [4.78, 5) is 15.0. The van der Waals surface area contributed by atoms with E-state index in [-0.39, 0.29) is 6.04 Å². The number of amides is 1. The molecule has 118 valence electrons. The number of nitrogens with zero attached hydrogens (tertiary/aromatic N) is 1. The summed E-state index contributed by atoms with van der Waals surface area (Å²) in [5, 5.41) is 14.2. The third-order valence-electron chi connectivity index (χ3n) is 6.75. The Balaban J connectivity index is 1.44. The van der Waals surface area contributed by atoms with Crippen molar-refractivity contribution in [3.8, 4) is 0 Å². The first-order valence-electron chi connectivity index (χ1n) is 8.92. The molecule has 4 heteroatoms. The van der Waals surface area contributed by atoms with Crippen LogP contribution in [0.5, 0.6) is 0 Å². The van der Waals surface area contributed by atoms with Crippen molar-refractivity contribution < 1.29 is 9.90 Å². The van der Waals surface area contributed by atoms with Gasteiger partial charge >= 0.3 is 0 Å². The molecule has 4 nitrogen and oxygen atoms in total. The van der Waals surface area contributed by atoms with E-state index in [2.05, 4.69) is 10.2 Å². The second-order valence-electron chi connectivity index (χ2n) is 7.82. The Morgan fingerprint density at radius 3 is 2.95 bits per heavy atom. The highest BCUT2D eigenvalue weighted by atomic mass is 16.3. The smallest absolute Gasteiger partial charge is 0.240 e. The Bertz CT molecular complexity index is 427. The lowest BCUT2D eigenvalue weighted by Crippen LogP contribution is -2.57. The van der Waals surface area contributed by atoms with E-state index in [0.29, 0.717) is 17.7 Å². The maximum absolute atomic E-state index is 12.9. The Morgan fingerprint density at radius 2 is 2.05 bits per heavy atom. The molecule has 2 aliphatic carbocycles. The highest BCUT2D eigenvalue weighted by Gasteiger charge is 2.48. The molecule has 0 aromatic rings. The second-order valence-corrected chi connectivity index (χ2v) is 7.82. The van der Waals surface area contributed by atoms with Gasteiger partial charge in [0.25, 0.3) is 0 Å². The van der Waals surface area contributed by atoms with Crippen LogP contribution < -0.4 is 5.32 Å². The molecule has 4 rings (SSSR count). The zero-order valence-corrected chi connectivity index (χ0v) is 12.9. The highest BCUT2D eigenvalue weighted by Crippen LogP contribution is 2.42. The molecule has 21 heavy (non-hydrogen) atoms. The number of fused-ring (bicyclic) bond motifs is 2. The Kier molecular flexibility index (Phi) is 3.49. The molecular formula is C17H28N2O2. The molecule has 2 N–H and O–H groups in total. The average molecular weight is 292 g/mol. The molecule has 4 aliphatic rings. The van der Waals surface area contributed by atoms with Gasteiger partial charge < -0.3 is 15.3 Å². The summed E-state index contributed by atoms with van der Waals surface area (Å²) in [6, 6.07) is 0.0623. The highest BCUT2D eigenvalue weighted by molar-refractivity contribution is 5.83. The zero-order chi connectivity index (χ0) is 14.4. The monoisotopic (exact) mass is 292 g/mol. The molecule has 2 heterocycles. The van der Waals surface area contributed by atoms with Crippen LogP contribution in [0.1, 0.15) is 51.4 Å². The average Bonchev–Trinajstić information content (AvgIpc) is 3.08. The van der Waals surface area contributed by atoms with Gasteiger partial charge in [-0.3, -0.25) is 4.79 Å². The Hall–Kier alpha value is -0.610. The van der Waals surface area contributed by atoms with E-state index in [4.69, 9.17) is 0 Å². The van der Waals surface area contributed by atoms with Crippen molar-refractivity contribution in [1.82, 2.24) is 10.2 Å². The van der Waals surface area contributed by atoms with Gasteiger partial charge in [-0.1, -0.05) is 19.3 Å². The van der Waals surface area contributed by atoms with E-state index in [1.807, 2.05) is 0 Å². The lowest BCUT2D eigenvalue weighted by molar-refractivity contribution is -0.146. The van der Waals surface area contributed by atoms with Crippen molar-refractivity contribution >= 4 is 5.91 Å². The molecular weight excluding hydrogens is 264 g/mol. The van der Waals surface area contributed by atoms with Crippen LogP contribution in [0.15, 0.2) is 0 Å². The predicted molar refractivity (Wildman–Crippen MR) is 80.7 cm³/mol. The molecule has 4 fully saturated rings. The second kappa shape index (κ2) is 5.24. The van der Waals surface area contributed by atoms with Crippen LogP contribution in [0.2, 0.25) is 0 Å². The van der Waals surface area contributed by atoms with Gasteiger partial charge in [0.15, 0.2) is 0 Å². The normalized spacial score (nSPS) is 46.2. The van der Waals surface area contributed by atoms with Crippen LogP contribution in [0.4, 0.5) is 0 Å². The quantitative estimate of drug-likeness (QED) is 0.770. The molecule has 1 amide bonds. The lowest BCUT2D eigenvalue weighted by atomic mass is 9.71. The van der Waals surface area contributed by atoms with Gasteiger partial charge in [-0.05, 0) is 50.5 Å². The van der Waals surface area contributed by atoms with Gasteiger partial charge in [0.2, 0.25) is 5.91 Å². The number of aliphatic hydroxyl groups is 1. The van der Waals surface area contributed by atoms with Crippen molar-refractivity contribution in [3.05, 3.63) is 0 Å². The van der Waals surface area contributed by atoms with Gasteiger partial charge in [0, 0.05) is 19.0 Å².